The summed E-state index contributed by atoms with van der Waals surface area (Å²) in [5.41, 5.74) is 16.5. The van der Waals surface area contributed by atoms with Crippen LogP contribution in [0, 0.1) is 5.92 Å². The Morgan fingerprint density at radius 3 is 2.31 bits per heavy atom. The molecule has 3 aromatic carbocycles. The first-order chi connectivity index (χ1) is 18.2. The van der Waals surface area contributed by atoms with Crippen LogP contribution in [0.3, 0.4) is 0 Å². The number of fused-ring (bicyclic) bond motifs is 1. The summed E-state index contributed by atoms with van der Waals surface area (Å²) in [4.78, 5) is -0.264. The molecule has 4 rings (SSSR count). The van der Waals surface area contributed by atoms with Crippen molar-refractivity contribution in [3.63, 3.8) is 0 Å². The minimum atomic E-state index is -3.73. The summed E-state index contributed by atoms with van der Waals surface area (Å²) in [5.74, 6) is 0.643. The smallest absolute Gasteiger partial charge is 0.177 e. The Labute approximate surface area is 235 Å². The van der Waals surface area contributed by atoms with E-state index in [0.717, 1.165) is 35.3 Å². The molecule has 10 heteroatoms. The average Bonchev–Trinajstić information content (AvgIpc) is 2.86. The zero-order valence-electron chi connectivity index (χ0n) is 22.1. The number of nitrogen functional groups attached to an aromatic ring is 1. The van der Waals surface area contributed by atoms with E-state index >= 15 is 0 Å². The molecular formula is C29H33ClN2O5S2. The molecule has 1 aliphatic rings. The van der Waals surface area contributed by atoms with Gasteiger partial charge in [0.2, 0.25) is 0 Å². The quantitative estimate of drug-likeness (QED) is 0.346. The van der Waals surface area contributed by atoms with Gasteiger partial charge in [0.05, 0.1) is 15.5 Å². The zero-order valence-corrected chi connectivity index (χ0v) is 24.5. The summed E-state index contributed by atoms with van der Waals surface area (Å²) in [7, 11) is -7.38. The number of benzene rings is 3. The van der Waals surface area contributed by atoms with Gasteiger partial charge in [-0.3, -0.25) is 0 Å². The summed E-state index contributed by atoms with van der Waals surface area (Å²) in [5, 5.41) is 0.572. The lowest BCUT2D eigenvalue weighted by molar-refractivity contribution is 0.243. The topological polar surface area (TPSA) is 130 Å². The molecular weight excluding hydrogens is 556 g/mol. The van der Waals surface area contributed by atoms with Crippen molar-refractivity contribution in [2.45, 2.75) is 48.1 Å². The summed E-state index contributed by atoms with van der Waals surface area (Å²) in [6.07, 6.45) is 5.46. The third kappa shape index (κ3) is 6.84. The maximum Gasteiger partial charge on any atom is 0.177 e. The van der Waals surface area contributed by atoms with E-state index in [1.807, 2.05) is 43.3 Å². The third-order valence-electron chi connectivity index (χ3n) is 7.05. The molecule has 0 saturated heterocycles. The molecule has 0 radical (unpaired) electrons. The fraction of sp³-hybridized carbons (Fsp3) is 0.310. The van der Waals surface area contributed by atoms with E-state index in [-0.39, 0.29) is 27.5 Å². The maximum absolute atomic E-state index is 12.3. The largest absolute Gasteiger partial charge is 0.485 e. The van der Waals surface area contributed by atoms with E-state index in [1.165, 1.54) is 6.07 Å². The van der Waals surface area contributed by atoms with Crippen LogP contribution in [0.25, 0.3) is 5.57 Å². The summed E-state index contributed by atoms with van der Waals surface area (Å²) < 4.78 is 55.4. The normalized spacial score (nSPS) is 17.1. The highest BCUT2D eigenvalue weighted by atomic mass is 35.5. The van der Waals surface area contributed by atoms with Crippen molar-refractivity contribution in [3.05, 3.63) is 88.5 Å². The Hall–Kier alpha value is -2.85. The van der Waals surface area contributed by atoms with Gasteiger partial charge in [-0.1, -0.05) is 48.9 Å². The van der Waals surface area contributed by atoms with Gasteiger partial charge in [-0.15, -0.1) is 0 Å². The van der Waals surface area contributed by atoms with E-state index in [4.69, 9.17) is 27.8 Å². The van der Waals surface area contributed by atoms with Gasteiger partial charge in [0.1, 0.15) is 11.9 Å². The highest BCUT2D eigenvalue weighted by molar-refractivity contribution is 7.91. The molecule has 0 saturated carbocycles. The number of aryl methyl sites for hydroxylation is 1. The van der Waals surface area contributed by atoms with Gasteiger partial charge in [0.15, 0.2) is 19.7 Å². The van der Waals surface area contributed by atoms with Crippen molar-refractivity contribution >= 4 is 42.5 Å². The minimum absolute atomic E-state index is 0.0657. The van der Waals surface area contributed by atoms with E-state index in [9.17, 15) is 16.8 Å². The molecule has 4 N–H and O–H groups in total. The van der Waals surface area contributed by atoms with Crippen molar-refractivity contribution in [3.8, 4) is 5.75 Å². The Bertz CT molecular complexity index is 1620. The number of ether oxygens (including phenoxy) is 1. The molecule has 0 aromatic heterocycles. The van der Waals surface area contributed by atoms with Crippen LogP contribution in [0.2, 0.25) is 5.02 Å². The fourth-order valence-corrected chi connectivity index (χ4v) is 6.62. The molecule has 3 unspecified atom stereocenters. The third-order valence-corrected chi connectivity index (χ3v) is 9.51. The van der Waals surface area contributed by atoms with Crippen LogP contribution >= 0.6 is 11.6 Å². The highest BCUT2D eigenvalue weighted by Crippen LogP contribution is 2.38. The van der Waals surface area contributed by atoms with Crippen LogP contribution < -0.4 is 16.2 Å². The summed E-state index contributed by atoms with van der Waals surface area (Å²) in [6, 6.07) is 17.7. The lowest BCUT2D eigenvalue weighted by Gasteiger charge is -2.31. The molecule has 0 aliphatic carbocycles. The van der Waals surface area contributed by atoms with Crippen LogP contribution in [-0.2, 0) is 32.5 Å². The molecule has 3 atom stereocenters. The fourth-order valence-electron chi connectivity index (χ4n) is 4.81. The van der Waals surface area contributed by atoms with Gasteiger partial charge in [0.25, 0.3) is 0 Å². The standard InChI is InChI=1S/C29H33ClN2O5S2/c1-18(9-10-20-14-23(38(2,33)34)17-27(29(20)32)39(3,35)36)28(31)25-16-22(13-19-7-5-4-6-8-19)37-26-12-11-21(30)15-24(25)26/h4-8,11-12,14-18,22,28H,9-10,13,31-32H2,1-3H3. The second-order valence-electron chi connectivity index (χ2n) is 10.2. The van der Waals surface area contributed by atoms with Gasteiger partial charge < -0.3 is 16.2 Å². The van der Waals surface area contributed by atoms with Crippen LogP contribution in [0.4, 0.5) is 5.69 Å². The van der Waals surface area contributed by atoms with E-state index < -0.39 is 25.7 Å². The molecule has 0 amide bonds. The van der Waals surface area contributed by atoms with Gasteiger partial charge >= 0.3 is 0 Å². The molecule has 208 valence electrons. The van der Waals surface area contributed by atoms with E-state index in [1.54, 1.807) is 6.07 Å². The number of halogens is 1. The molecule has 1 aliphatic heterocycles. The summed E-state index contributed by atoms with van der Waals surface area (Å²) in [6.45, 7) is 2.01. The van der Waals surface area contributed by atoms with Crippen molar-refractivity contribution in [1.82, 2.24) is 0 Å². The maximum atomic E-state index is 12.3. The van der Waals surface area contributed by atoms with Gasteiger partial charge in [-0.2, -0.15) is 0 Å². The van der Waals surface area contributed by atoms with Gasteiger partial charge in [-0.25, -0.2) is 16.8 Å². The number of anilines is 1. The Kier molecular flexibility index (Phi) is 8.47. The Morgan fingerprint density at radius 1 is 0.974 bits per heavy atom. The molecule has 0 fully saturated rings. The number of hydrogen-bond donors (Lipinski definition) is 2. The number of hydrogen-bond acceptors (Lipinski definition) is 7. The summed E-state index contributed by atoms with van der Waals surface area (Å²) >= 11 is 6.32. The van der Waals surface area contributed by atoms with E-state index in [0.29, 0.717) is 35.6 Å². The molecule has 39 heavy (non-hydrogen) atoms. The lowest BCUT2D eigenvalue weighted by atomic mass is 9.84. The average molecular weight is 589 g/mol. The predicted octanol–water partition coefficient (Wildman–Crippen LogP) is 4.71. The van der Waals surface area contributed by atoms with Gasteiger partial charge in [0, 0.05) is 35.6 Å². The first-order valence-corrected chi connectivity index (χ1v) is 16.7. The number of nitrogens with two attached hydrogens (primary N) is 2. The minimum Gasteiger partial charge on any atom is -0.485 e. The first kappa shape index (κ1) is 29.1. The van der Waals surface area contributed by atoms with Crippen LogP contribution in [0.1, 0.15) is 30.0 Å². The van der Waals surface area contributed by atoms with Crippen molar-refractivity contribution in [2.24, 2.45) is 11.7 Å². The molecule has 7 nitrogen and oxygen atoms in total. The zero-order chi connectivity index (χ0) is 28.5. The first-order valence-electron chi connectivity index (χ1n) is 12.5. The second kappa shape index (κ2) is 11.3. The predicted molar refractivity (Wildman–Crippen MR) is 157 cm³/mol. The molecule has 3 aromatic rings. The highest BCUT2D eigenvalue weighted by Gasteiger charge is 2.28. The Morgan fingerprint density at radius 2 is 1.67 bits per heavy atom. The monoisotopic (exact) mass is 588 g/mol. The van der Waals surface area contributed by atoms with Crippen LogP contribution in [0.15, 0.2) is 76.5 Å². The Balaban J connectivity index is 1.62. The van der Waals surface area contributed by atoms with Crippen molar-refractivity contribution in [1.29, 1.82) is 0 Å². The molecule has 0 spiro atoms. The second-order valence-corrected chi connectivity index (χ2v) is 14.6. The molecule has 1 heterocycles. The SMILES string of the molecule is CC(CCc1cc(S(C)(=O)=O)cc(S(C)(=O)=O)c1N)C(N)C1=CC(Cc2ccccc2)Oc2ccc(Cl)cc21. The van der Waals surface area contributed by atoms with Gasteiger partial charge in [-0.05, 0) is 71.9 Å². The number of sulfone groups is 2. The van der Waals surface area contributed by atoms with Crippen LogP contribution in [0.5, 0.6) is 5.75 Å². The van der Waals surface area contributed by atoms with Crippen molar-refractivity contribution < 1.29 is 21.6 Å². The number of rotatable bonds is 9. The van der Waals surface area contributed by atoms with Crippen molar-refractivity contribution in [2.75, 3.05) is 18.2 Å². The molecule has 0 bridgehead atoms. The van der Waals surface area contributed by atoms with E-state index in [2.05, 4.69) is 12.1 Å². The lowest BCUT2D eigenvalue weighted by Crippen LogP contribution is -2.33. The van der Waals surface area contributed by atoms with Crippen LogP contribution in [-0.4, -0.2) is 41.5 Å².